The van der Waals surface area contributed by atoms with E-state index in [0.717, 1.165) is 49.8 Å². The average molecular weight is 522 g/mol. The maximum absolute atomic E-state index is 13.0. The van der Waals surface area contributed by atoms with Gasteiger partial charge in [0.25, 0.3) is 0 Å². The maximum Gasteiger partial charge on any atom is 0.220 e. The number of amides is 1. The summed E-state index contributed by atoms with van der Waals surface area (Å²) in [6.45, 7) is 7.69. The molecule has 2 aliphatic rings. The lowest BCUT2D eigenvalue weighted by molar-refractivity contribution is -0.123. The van der Waals surface area contributed by atoms with E-state index in [2.05, 4.69) is 41.6 Å². The molecule has 5 rings (SSSR count). The monoisotopic (exact) mass is 521 g/mol. The van der Waals surface area contributed by atoms with E-state index in [1.807, 2.05) is 37.4 Å². The van der Waals surface area contributed by atoms with Crippen LogP contribution in [-0.4, -0.2) is 39.3 Å². The van der Waals surface area contributed by atoms with E-state index in [9.17, 15) is 15.0 Å². The number of nitrogens with one attached hydrogen (secondary N) is 3. The number of furan rings is 1. The Morgan fingerprint density at radius 1 is 1.11 bits per heavy atom. The lowest BCUT2D eigenvalue weighted by atomic mass is 9.57. The normalized spacial score (nSPS) is 28.4. The molecule has 5 N–H and O–H groups in total. The molecule has 2 aromatic heterocycles. The van der Waals surface area contributed by atoms with Crippen LogP contribution in [-0.2, 0) is 24.4 Å². The first-order valence-electron chi connectivity index (χ1n) is 14.1. The maximum atomic E-state index is 13.0. The summed E-state index contributed by atoms with van der Waals surface area (Å²) in [5.74, 6) is 1.79. The first-order valence-corrected chi connectivity index (χ1v) is 14.1. The lowest BCUT2D eigenvalue weighted by Crippen LogP contribution is -2.51. The van der Waals surface area contributed by atoms with Gasteiger partial charge in [-0.1, -0.05) is 32.0 Å². The molecule has 4 unspecified atom stereocenters. The molecule has 7 heteroatoms. The molecule has 0 radical (unpaired) electrons. The van der Waals surface area contributed by atoms with E-state index >= 15 is 0 Å². The molecule has 0 aliphatic heterocycles. The first-order chi connectivity index (χ1) is 18.1. The van der Waals surface area contributed by atoms with E-state index in [1.54, 1.807) is 0 Å². The average Bonchev–Trinajstić information content (AvgIpc) is 3.57. The molecule has 38 heavy (non-hydrogen) atoms. The summed E-state index contributed by atoms with van der Waals surface area (Å²) in [4.78, 5) is 16.4. The number of hydrogen-bond acceptors (Lipinski definition) is 5. The van der Waals surface area contributed by atoms with Gasteiger partial charge in [0.15, 0.2) is 0 Å². The molecular formula is C31H43N3O4. The number of aromatic nitrogens is 1. The number of benzene rings is 1. The fourth-order valence-electron chi connectivity index (χ4n) is 7.45. The second-order valence-corrected chi connectivity index (χ2v) is 12.6. The van der Waals surface area contributed by atoms with Crippen LogP contribution in [0.3, 0.4) is 0 Å². The zero-order valence-corrected chi connectivity index (χ0v) is 23.0. The molecule has 4 atom stereocenters. The van der Waals surface area contributed by atoms with Crippen LogP contribution in [0, 0.1) is 16.7 Å². The summed E-state index contributed by atoms with van der Waals surface area (Å²) in [6.07, 6.45) is 7.50. The van der Waals surface area contributed by atoms with Crippen LogP contribution in [0.15, 0.2) is 47.0 Å². The molecular weight excluding hydrogens is 478 g/mol. The van der Waals surface area contributed by atoms with Gasteiger partial charge in [-0.25, -0.2) is 0 Å². The van der Waals surface area contributed by atoms with Gasteiger partial charge in [0.2, 0.25) is 5.91 Å². The second kappa shape index (κ2) is 10.5. The Balaban J connectivity index is 1.24. The van der Waals surface area contributed by atoms with Gasteiger partial charge in [-0.15, -0.1) is 0 Å². The summed E-state index contributed by atoms with van der Waals surface area (Å²) in [6, 6.07) is 12.2. The number of carbonyl (C=O) groups is 1. The Hall–Kier alpha value is -2.61. The summed E-state index contributed by atoms with van der Waals surface area (Å²) in [7, 11) is 0. The molecule has 2 aliphatic carbocycles. The second-order valence-electron chi connectivity index (χ2n) is 12.6. The van der Waals surface area contributed by atoms with Crippen LogP contribution in [0.25, 0.3) is 10.9 Å². The summed E-state index contributed by atoms with van der Waals surface area (Å²) in [5.41, 5.74) is 1.66. The molecule has 2 heterocycles. The van der Waals surface area contributed by atoms with Gasteiger partial charge in [0, 0.05) is 36.1 Å². The number of hydrogen-bond donors (Lipinski definition) is 5. The fourth-order valence-corrected chi connectivity index (χ4v) is 7.45. The van der Waals surface area contributed by atoms with Gasteiger partial charge in [0.05, 0.1) is 12.1 Å². The van der Waals surface area contributed by atoms with E-state index in [4.69, 9.17) is 4.42 Å². The Morgan fingerprint density at radius 2 is 1.89 bits per heavy atom. The van der Waals surface area contributed by atoms with Crippen molar-refractivity contribution in [3.05, 3.63) is 59.7 Å². The van der Waals surface area contributed by atoms with Gasteiger partial charge in [0.1, 0.15) is 18.1 Å². The predicted octanol–water partition coefficient (Wildman–Crippen LogP) is 4.82. The van der Waals surface area contributed by atoms with E-state index < -0.39 is 5.60 Å². The van der Waals surface area contributed by atoms with Crippen molar-refractivity contribution in [1.82, 2.24) is 15.6 Å². The topological polar surface area (TPSA) is 111 Å². The third-order valence-electron chi connectivity index (χ3n) is 9.44. The van der Waals surface area contributed by atoms with Crippen molar-refractivity contribution in [2.75, 3.05) is 6.54 Å². The van der Waals surface area contributed by atoms with Crippen molar-refractivity contribution in [2.24, 2.45) is 16.7 Å². The molecule has 0 saturated heterocycles. The summed E-state index contributed by atoms with van der Waals surface area (Å²) in [5, 5.41) is 28.5. The van der Waals surface area contributed by atoms with Gasteiger partial charge in [-0.3, -0.25) is 4.79 Å². The van der Waals surface area contributed by atoms with Crippen molar-refractivity contribution in [3.63, 3.8) is 0 Å². The summed E-state index contributed by atoms with van der Waals surface area (Å²) >= 11 is 0. The number of para-hydroxylation sites is 1. The standard InChI is InChI=1S/C31H43N3O4/c1-29(2)17-27(34-19-22-8-9-23(20-35)38-22)31(14-13-30(3,37)16-26(29)31)12-10-28(36)32-15-11-21-18-33-25-7-5-4-6-24(21)25/h4-9,18,26-27,33-35,37H,10-17,19-20H2,1-3H3,(H,32,36). The molecule has 206 valence electrons. The van der Waals surface area contributed by atoms with Crippen LogP contribution >= 0.6 is 0 Å². The highest BCUT2D eigenvalue weighted by molar-refractivity contribution is 5.83. The molecule has 2 saturated carbocycles. The molecule has 0 spiro atoms. The zero-order valence-electron chi connectivity index (χ0n) is 23.0. The lowest BCUT2D eigenvalue weighted by Gasteiger charge is -2.51. The number of carbonyl (C=O) groups excluding carboxylic acids is 1. The third-order valence-corrected chi connectivity index (χ3v) is 9.44. The minimum atomic E-state index is -0.668. The van der Waals surface area contributed by atoms with Crippen LogP contribution in [0.4, 0.5) is 0 Å². The minimum Gasteiger partial charge on any atom is -0.462 e. The quantitative estimate of drug-likeness (QED) is 0.263. The number of rotatable bonds is 10. The zero-order chi connectivity index (χ0) is 27.0. The molecule has 3 aromatic rings. The van der Waals surface area contributed by atoms with Crippen LogP contribution in [0.2, 0.25) is 0 Å². The highest BCUT2D eigenvalue weighted by Gasteiger charge is 2.61. The van der Waals surface area contributed by atoms with Crippen molar-refractivity contribution in [1.29, 1.82) is 0 Å². The van der Waals surface area contributed by atoms with E-state index in [0.29, 0.717) is 31.2 Å². The predicted molar refractivity (Wildman–Crippen MR) is 148 cm³/mol. The highest BCUT2D eigenvalue weighted by atomic mass is 16.4. The van der Waals surface area contributed by atoms with Gasteiger partial charge in [-0.2, -0.15) is 0 Å². The van der Waals surface area contributed by atoms with Gasteiger partial charge >= 0.3 is 0 Å². The van der Waals surface area contributed by atoms with Crippen molar-refractivity contribution in [2.45, 2.75) is 90.5 Å². The highest BCUT2D eigenvalue weighted by Crippen LogP contribution is 2.63. The Bertz CT molecular complexity index is 1260. The smallest absolute Gasteiger partial charge is 0.220 e. The molecule has 1 amide bonds. The Morgan fingerprint density at radius 3 is 2.68 bits per heavy atom. The number of H-pyrrole nitrogens is 1. The first kappa shape index (κ1) is 27.0. The molecule has 0 bridgehead atoms. The van der Waals surface area contributed by atoms with Crippen LogP contribution < -0.4 is 10.6 Å². The fraction of sp³-hybridized carbons (Fsp3) is 0.581. The van der Waals surface area contributed by atoms with Crippen LogP contribution in [0.1, 0.15) is 76.4 Å². The van der Waals surface area contributed by atoms with E-state index in [-0.39, 0.29) is 29.4 Å². The minimum absolute atomic E-state index is 0.0489. The molecule has 7 nitrogen and oxygen atoms in total. The van der Waals surface area contributed by atoms with Gasteiger partial charge in [-0.05, 0) is 86.0 Å². The summed E-state index contributed by atoms with van der Waals surface area (Å²) < 4.78 is 5.73. The largest absolute Gasteiger partial charge is 0.462 e. The van der Waals surface area contributed by atoms with Crippen molar-refractivity contribution >= 4 is 16.8 Å². The Labute approximate surface area is 225 Å². The van der Waals surface area contributed by atoms with Gasteiger partial charge < -0.3 is 30.2 Å². The van der Waals surface area contributed by atoms with Crippen molar-refractivity contribution in [3.8, 4) is 0 Å². The van der Waals surface area contributed by atoms with Crippen LogP contribution in [0.5, 0.6) is 0 Å². The number of aromatic amines is 1. The number of aliphatic hydroxyl groups excluding tert-OH is 1. The molecule has 1 aromatic carbocycles. The Kier molecular flexibility index (Phi) is 7.46. The van der Waals surface area contributed by atoms with Crippen molar-refractivity contribution < 1.29 is 19.4 Å². The SMILES string of the molecule is CC1(O)CCC2(CCC(=O)NCCc3c[nH]c4ccccc34)C(NCc3ccc(CO)o3)CC(C)(C)C2C1. The number of aliphatic hydroxyl groups is 2. The number of fused-ring (bicyclic) bond motifs is 2. The third kappa shape index (κ3) is 5.42. The molecule has 2 fully saturated rings. The van der Waals surface area contributed by atoms with E-state index in [1.165, 1.54) is 10.9 Å².